The number of esters is 3. The van der Waals surface area contributed by atoms with Crippen LogP contribution in [0, 0.1) is 0 Å². The minimum atomic E-state index is -1.06. The Morgan fingerprint density at radius 1 is 0.783 bits per heavy atom. The number of methoxy groups -OCH3 is 1. The second kappa shape index (κ2) is 14.3. The van der Waals surface area contributed by atoms with Gasteiger partial charge in [0.25, 0.3) is 5.91 Å². The van der Waals surface area contributed by atoms with Gasteiger partial charge in [0.05, 0.1) is 23.9 Å². The summed E-state index contributed by atoms with van der Waals surface area (Å²) in [6.45, 7) is 6.34. The van der Waals surface area contributed by atoms with E-state index >= 15 is 0 Å². The molecule has 0 fully saturated rings. The number of carbonyl (C=O) groups excluding carboxylic acids is 6. The molecule has 246 valence electrons. The van der Waals surface area contributed by atoms with Gasteiger partial charge >= 0.3 is 17.9 Å². The van der Waals surface area contributed by atoms with Crippen molar-refractivity contribution in [2.45, 2.75) is 53.9 Å². The lowest BCUT2D eigenvalue weighted by Gasteiger charge is -2.31. The number of nitrogens with zero attached hydrogens (tertiary/aromatic N) is 2. The second-order valence-corrected chi connectivity index (χ2v) is 10.9. The summed E-state index contributed by atoms with van der Waals surface area (Å²) < 4.78 is 22.5. The predicted octanol–water partition coefficient (Wildman–Crippen LogP) is 3.62. The van der Waals surface area contributed by atoms with Gasteiger partial charge in [-0.15, -0.1) is 0 Å². The Labute approximate surface area is 267 Å². The summed E-state index contributed by atoms with van der Waals surface area (Å²) in [5.41, 5.74) is 1.84. The Morgan fingerprint density at radius 2 is 1.37 bits per heavy atom. The zero-order valence-corrected chi connectivity index (χ0v) is 27.8. The number of hydrogen-bond acceptors (Lipinski definition) is 12. The average molecular weight is 638 g/mol. The molecule has 0 saturated carbocycles. The van der Waals surface area contributed by atoms with E-state index in [0.29, 0.717) is 23.3 Å². The first-order valence-electron chi connectivity index (χ1n) is 14.5. The van der Waals surface area contributed by atoms with Crippen LogP contribution in [0.25, 0.3) is 5.76 Å². The third-order valence-corrected chi connectivity index (χ3v) is 7.12. The molecular weight excluding hydrogens is 598 g/mol. The molecule has 0 heterocycles. The smallest absolute Gasteiger partial charge is 0.308 e. The summed E-state index contributed by atoms with van der Waals surface area (Å²) >= 11 is 0. The van der Waals surface area contributed by atoms with E-state index in [0.717, 1.165) is 33.4 Å². The summed E-state index contributed by atoms with van der Waals surface area (Å²) in [5.74, 6) is -5.45. The van der Waals surface area contributed by atoms with Gasteiger partial charge in [-0.2, -0.15) is 0 Å². The lowest BCUT2D eigenvalue weighted by atomic mass is 9.82. The molecule has 0 aromatic heterocycles. The summed E-state index contributed by atoms with van der Waals surface area (Å²) in [5, 5.41) is 2.13. The fraction of sp³-hybridized carbons (Fsp3) is 0.394. The summed E-state index contributed by atoms with van der Waals surface area (Å²) in [6.07, 6.45) is 0.623. The highest BCUT2D eigenvalue weighted by atomic mass is 16.6. The van der Waals surface area contributed by atoms with Gasteiger partial charge in [-0.05, 0) is 42.5 Å². The number of allylic oxidation sites excluding steroid dienone is 1. The molecule has 0 atom stereocenters. The molecule has 0 radical (unpaired) electrons. The first-order valence-corrected chi connectivity index (χ1v) is 14.5. The Bertz CT molecular complexity index is 1670. The molecule has 2 aromatic carbocycles. The first kappa shape index (κ1) is 35.3. The molecule has 0 aliphatic heterocycles. The van der Waals surface area contributed by atoms with Crippen LogP contribution in [0.3, 0.4) is 0 Å². The number of fused-ring (bicyclic) bond motifs is 1. The molecular formula is C33H39N3O10. The lowest BCUT2D eigenvalue weighted by Crippen LogP contribution is -2.31. The van der Waals surface area contributed by atoms with Crippen molar-refractivity contribution >= 4 is 52.6 Å². The summed E-state index contributed by atoms with van der Waals surface area (Å²) in [7, 11) is 8.39. The van der Waals surface area contributed by atoms with Gasteiger partial charge in [-0.3, -0.25) is 34.1 Å². The second-order valence-electron chi connectivity index (χ2n) is 10.9. The number of Topliss-reactive ketones (excluding diaryl/α,β-unsaturated/α-hetero) is 1. The minimum Gasteiger partial charge on any atom is -0.496 e. The highest BCUT2D eigenvalue weighted by Crippen LogP contribution is 2.51. The lowest BCUT2D eigenvalue weighted by molar-refractivity contribution is -0.134. The molecule has 1 N–H and O–H groups in total. The molecule has 46 heavy (non-hydrogen) atoms. The van der Waals surface area contributed by atoms with Gasteiger partial charge < -0.3 is 28.7 Å². The van der Waals surface area contributed by atoms with Crippen molar-refractivity contribution < 1.29 is 47.7 Å². The highest BCUT2D eigenvalue weighted by Gasteiger charge is 2.40. The fourth-order valence-electron chi connectivity index (χ4n) is 5.56. The van der Waals surface area contributed by atoms with E-state index in [-0.39, 0.29) is 46.7 Å². The first-order chi connectivity index (χ1) is 21.5. The quantitative estimate of drug-likeness (QED) is 0.230. The van der Waals surface area contributed by atoms with Crippen LogP contribution in [0.5, 0.6) is 17.2 Å². The third-order valence-electron chi connectivity index (χ3n) is 7.12. The molecule has 2 aromatic rings. The van der Waals surface area contributed by atoms with Crippen molar-refractivity contribution in [1.82, 2.24) is 5.32 Å². The van der Waals surface area contributed by atoms with E-state index < -0.39 is 46.8 Å². The van der Waals surface area contributed by atoms with Gasteiger partial charge in [0, 0.05) is 67.1 Å². The van der Waals surface area contributed by atoms with E-state index in [1.165, 1.54) is 7.11 Å². The maximum Gasteiger partial charge on any atom is 0.308 e. The number of rotatable bonds is 10. The number of ketones is 1. The highest BCUT2D eigenvalue weighted by molar-refractivity contribution is 6.18. The van der Waals surface area contributed by atoms with Crippen LogP contribution < -0.4 is 29.3 Å². The zero-order chi connectivity index (χ0) is 34.6. The Kier molecular flexibility index (Phi) is 10.9. The van der Waals surface area contributed by atoms with Crippen LogP contribution in [0.2, 0.25) is 0 Å². The van der Waals surface area contributed by atoms with Gasteiger partial charge in [0.1, 0.15) is 17.1 Å². The summed E-state index contributed by atoms with van der Waals surface area (Å²) in [6, 6.07) is 3.51. The third kappa shape index (κ3) is 7.03. The number of ether oxygens (including phenoxy) is 4. The normalized spacial score (nSPS) is 12.0. The van der Waals surface area contributed by atoms with E-state index in [1.807, 2.05) is 32.0 Å². The van der Waals surface area contributed by atoms with Crippen molar-refractivity contribution in [3.63, 3.8) is 0 Å². The molecule has 13 nitrogen and oxygen atoms in total. The van der Waals surface area contributed by atoms with Crippen molar-refractivity contribution in [3.05, 3.63) is 45.5 Å². The molecule has 0 bridgehead atoms. The summed E-state index contributed by atoms with van der Waals surface area (Å²) in [4.78, 5) is 81.1. The monoisotopic (exact) mass is 637 g/mol. The molecule has 1 aliphatic rings. The topological polar surface area (TPSA) is 158 Å². The van der Waals surface area contributed by atoms with Gasteiger partial charge in [0.15, 0.2) is 17.3 Å². The van der Waals surface area contributed by atoms with Crippen LogP contribution in [-0.2, 0) is 36.8 Å². The minimum absolute atomic E-state index is 0.0471. The molecule has 3 rings (SSSR count). The molecule has 1 aliphatic carbocycles. The van der Waals surface area contributed by atoms with Crippen LogP contribution in [0.15, 0.2) is 17.7 Å². The number of amides is 2. The molecule has 0 unspecified atom stereocenters. The zero-order valence-electron chi connectivity index (χ0n) is 27.8. The van der Waals surface area contributed by atoms with Crippen molar-refractivity contribution in [2.24, 2.45) is 0 Å². The van der Waals surface area contributed by atoms with Crippen LogP contribution in [0.1, 0.15) is 78.4 Å². The van der Waals surface area contributed by atoms with E-state index in [9.17, 15) is 28.8 Å². The van der Waals surface area contributed by atoms with Crippen molar-refractivity contribution in [2.75, 3.05) is 45.1 Å². The Balaban J connectivity index is 2.62. The standard InChI is InChI=1S/C33H39N3O10/c1-11-20-23(35(6)7)14-15-24(43-10)25(20)29(41)22-13-12-21-26(30(22)44-17(3)38)31(45-18(4)39)27(33(42)34-16(2)37)32(46-19(5)40)28(21)36(8)9/h14-15H,11-13H2,1-10H3,(H,34,37,42). The van der Waals surface area contributed by atoms with Crippen LogP contribution in [0.4, 0.5) is 11.4 Å². The van der Waals surface area contributed by atoms with Gasteiger partial charge in [-0.25, -0.2) is 0 Å². The Morgan fingerprint density at radius 3 is 1.85 bits per heavy atom. The van der Waals surface area contributed by atoms with Crippen molar-refractivity contribution in [3.8, 4) is 17.2 Å². The number of hydrogen-bond donors (Lipinski definition) is 1. The molecule has 0 saturated heterocycles. The van der Waals surface area contributed by atoms with Crippen LogP contribution in [-0.4, -0.2) is 70.8 Å². The fourth-order valence-corrected chi connectivity index (χ4v) is 5.56. The molecule has 13 heteroatoms. The maximum atomic E-state index is 14.6. The number of nitrogens with one attached hydrogen (secondary N) is 1. The number of imide groups is 1. The van der Waals surface area contributed by atoms with Gasteiger partial charge in [0.2, 0.25) is 5.91 Å². The van der Waals surface area contributed by atoms with Gasteiger partial charge in [-0.1, -0.05) is 6.92 Å². The predicted molar refractivity (Wildman–Crippen MR) is 170 cm³/mol. The van der Waals surface area contributed by atoms with Crippen LogP contribution >= 0.6 is 0 Å². The number of anilines is 2. The molecule has 2 amide bonds. The SMILES string of the molecule is CCc1c(N(C)C)ccc(OC)c1C(=O)C1=C(OC(C)=O)c2c(c(N(C)C)c(OC(C)=O)c(C(=O)NC(C)=O)c2OC(C)=O)CC1. The Hall–Kier alpha value is -5.20. The average Bonchev–Trinajstić information content (AvgIpc) is 2.94. The maximum absolute atomic E-state index is 14.6. The van der Waals surface area contributed by atoms with E-state index in [1.54, 1.807) is 25.1 Å². The largest absolute Gasteiger partial charge is 0.496 e. The van der Waals surface area contributed by atoms with E-state index in [4.69, 9.17) is 18.9 Å². The number of carbonyl (C=O) groups is 6. The van der Waals surface area contributed by atoms with Crippen molar-refractivity contribution in [1.29, 1.82) is 0 Å². The number of benzene rings is 2. The molecule has 0 spiro atoms. The van der Waals surface area contributed by atoms with E-state index in [2.05, 4.69) is 5.32 Å².